The fourth-order valence-electron chi connectivity index (χ4n) is 3.32. The molecule has 0 aliphatic carbocycles. The van der Waals surface area contributed by atoms with Gasteiger partial charge in [-0.1, -0.05) is 51.3 Å². The number of aromatic hydroxyl groups is 1. The lowest BCUT2D eigenvalue weighted by Gasteiger charge is -2.14. The minimum Gasteiger partial charge on any atom is -0.507 e. The molecule has 0 fully saturated rings. The molecule has 134 valence electrons. The van der Waals surface area contributed by atoms with Crippen molar-refractivity contribution in [2.45, 2.75) is 67.7 Å². The lowest BCUT2D eigenvalue weighted by molar-refractivity contribution is 0.428. The van der Waals surface area contributed by atoms with Crippen LogP contribution < -0.4 is 5.63 Å². The maximum atomic E-state index is 11.8. The smallest absolute Gasteiger partial charge is 0.342 e. The van der Waals surface area contributed by atoms with Crippen molar-refractivity contribution in [3.63, 3.8) is 0 Å². The Labute approximate surface area is 146 Å². The Morgan fingerprint density at radius 1 is 1.21 bits per heavy atom. The van der Waals surface area contributed by atoms with Crippen LogP contribution in [0.25, 0.3) is 5.57 Å². The van der Waals surface area contributed by atoms with E-state index < -0.39 is 5.63 Å². The van der Waals surface area contributed by atoms with Gasteiger partial charge in [-0.25, -0.2) is 4.79 Å². The second kappa shape index (κ2) is 8.91. The summed E-state index contributed by atoms with van der Waals surface area (Å²) in [6.07, 6.45) is 7.94. The molecule has 24 heavy (non-hydrogen) atoms. The van der Waals surface area contributed by atoms with E-state index in [2.05, 4.69) is 33.8 Å². The monoisotopic (exact) mass is 332 g/mol. The Hall–Kier alpha value is -1.77. The van der Waals surface area contributed by atoms with Gasteiger partial charge in [0.2, 0.25) is 0 Å². The van der Waals surface area contributed by atoms with Crippen molar-refractivity contribution in [1.82, 2.24) is 0 Å². The van der Waals surface area contributed by atoms with Gasteiger partial charge in [0.1, 0.15) is 11.5 Å². The van der Waals surface area contributed by atoms with E-state index in [4.69, 9.17) is 4.42 Å². The molecule has 0 saturated heterocycles. The Morgan fingerprint density at radius 3 is 2.42 bits per heavy atom. The third-order valence-corrected chi connectivity index (χ3v) is 4.46. The van der Waals surface area contributed by atoms with Crippen LogP contribution in [-0.2, 0) is 0 Å². The second-order valence-corrected chi connectivity index (χ2v) is 7.16. The Kier molecular flexibility index (Phi) is 7.53. The summed E-state index contributed by atoms with van der Waals surface area (Å²) in [5.41, 5.74) is 2.38. The zero-order valence-corrected chi connectivity index (χ0v) is 16.2. The molecule has 0 saturated carbocycles. The molecule has 0 aliphatic rings. The molecule has 3 nitrogen and oxygen atoms in total. The Morgan fingerprint density at radius 2 is 1.83 bits per heavy atom. The molecular weight excluding hydrogens is 300 g/mol. The highest BCUT2D eigenvalue weighted by Crippen LogP contribution is 2.27. The standard InChI is InChI=1S/C21H32O3/c1-8-9-13(2)10-14(3)11-15(4)12-16(5)20-17(6)19(22)18(7)21(23)24-20/h11-14,22H,8-10H2,1-7H3/t13-,14-/m0/s1. The van der Waals surface area contributed by atoms with E-state index >= 15 is 0 Å². The molecule has 1 aromatic heterocycles. The molecule has 1 heterocycles. The highest BCUT2D eigenvalue weighted by atomic mass is 16.4. The van der Waals surface area contributed by atoms with E-state index in [0.29, 0.717) is 17.2 Å². The van der Waals surface area contributed by atoms with Gasteiger partial charge in [-0.15, -0.1) is 0 Å². The van der Waals surface area contributed by atoms with Crippen LogP contribution in [0.3, 0.4) is 0 Å². The predicted octanol–water partition coefficient (Wildman–Crippen LogP) is 5.77. The maximum Gasteiger partial charge on any atom is 0.342 e. The summed E-state index contributed by atoms with van der Waals surface area (Å²) in [4.78, 5) is 11.8. The Balaban J connectivity index is 3.00. The molecule has 1 aromatic rings. The zero-order chi connectivity index (χ0) is 18.4. The minimum atomic E-state index is -0.482. The van der Waals surface area contributed by atoms with Crippen LogP contribution >= 0.6 is 0 Å². The summed E-state index contributed by atoms with van der Waals surface area (Å²) < 4.78 is 5.37. The average molecular weight is 332 g/mol. The van der Waals surface area contributed by atoms with Gasteiger partial charge in [-0.3, -0.25) is 0 Å². The summed E-state index contributed by atoms with van der Waals surface area (Å²) in [7, 11) is 0. The molecule has 1 N–H and O–H groups in total. The third kappa shape index (κ3) is 5.40. The van der Waals surface area contributed by atoms with Crippen LogP contribution in [0.5, 0.6) is 5.75 Å². The third-order valence-electron chi connectivity index (χ3n) is 4.46. The second-order valence-electron chi connectivity index (χ2n) is 7.16. The van der Waals surface area contributed by atoms with Gasteiger partial charge in [0.25, 0.3) is 0 Å². The fraction of sp³-hybridized carbons (Fsp3) is 0.571. The predicted molar refractivity (Wildman–Crippen MR) is 101 cm³/mol. The molecule has 0 aliphatic heterocycles. The Bertz CT molecular complexity index is 677. The van der Waals surface area contributed by atoms with Crippen LogP contribution in [0.2, 0.25) is 0 Å². The lowest BCUT2D eigenvalue weighted by atomic mass is 9.92. The summed E-state index contributed by atoms with van der Waals surface area (Å²) >= 11 is 0. The van der Waals surface area contributed by atoms with E-state index in [0.717, 1.165) is 17.1 Å². The van der Waals surface area contributed by atoms with E-state index in [1.165, 1.54) is 19.3 Å². The summed E-state index contributed by atoms with van der Waals surface area (Å²) in [5, 5.41) is 10.0. The van der Waals surface area contributed by atoms with Crippen LogP contribution in [0.15, 0.2) is 26.9 Å². The van der Waals surface area contributed by atoms with E-state index in [1.807, 2.05) is 13.0 Å². The molecule has 0 spiro atoms. The molecule has 2 atom stereocenters. The van der Waals surface area contributed by atoms with E-state index in [9.17, 15) is 9.90 Å². The van der Waals surface area contributed by atoms with Crippen molar-refractivity contribution < 1.29 is 9.52 Å². The van der Waals surface area contributed by atoms with Crippen molar-refractivity contribution in [2.75, 3.05) is 0 Å². The van der Waals surface area contributed by atoms with Crippen molar-refractivity contribution in [3.05, 3.63) is 45.0 Å². The molecule has 0 bridgehead atoms. The number of hydrogen-bond donors (Lipinski definition) is 1. The van der Waals surface area contributed by atoms with Gasteiger partial charge in [0.05, 0.1) is 5.56 Å². The van der Waals surface area contributed by atoms with Crippen LogP contribution in [0.4, 0.5) is 0 Å². The molecule has 0 radical (unpaired) electrons. The van der Waals surface area contributed by atoms with Gasteiger partial charge < -0.3 is 9.52 Å². The first-order valence-electron chi connectivity index (χ1n) is 8.87. The average Bonchev–Trinajstić information content (AvgIpc) is 2.48. The van der Waals surface area contributed by atoms with Crippen molar-refractivity contribution in [2.24, 2.45) is 11.8 Å². The summed E-state index contributed by atoms with van der Waals surface area (Å²) in [5.74, 6) is 1.73. The zero-order valence-electron chi connectivity index (χ0n) is 16.2. The summed E-state index contributed by atoms with van der Waals surface area (Å²) in [6.45, 7) is 14.1. The molecule has 0 aromatic carbocycles. The minimum absolute atomic E-state index is 0.0254. The van der Waals surface area contributed by atoms with Gasteiger partial charge in [-0.2, -0.15) is 0 Å². The van der Waals surface area contributed by atoms with Crippen LogP contribution in [0.1, 0.15) is 70.8 Å². The first-order valence-corrected chi connectivity index (χ1v) is 8.87. The number of allylic oxidation sites excluding steroid dienone is 4. The van der Waals surface area contributed by atoms with Gasteiger partial charge >= 0.3 is 5.63 Å². The highest BCUT2D eigenvalue weighted by molar-refractivity contribution is 5.66. The molecule has 3 heteroatoms. The van der Waals surface area contributed by atoms with Gasteiger partial charge in [0.15, 0.2) is 0 Å². The number of hydrogen-bond acceptors (Lipinski definition) is 3. The lowest BCUT2D eigenvalue weighted by Crippen LogP contribution is -2.07. The summed E-state index contributed by atoms with van der Waals surface area (Å²) in [6, 6.07) is 0. The van der Waals surface area contributed by atoms with Crippen molar-refractivity contribution >= 4 is 5.57 Å². The first-order chi connectivity index (χ1) is 11.2. The number of rotatable bonds is 7. The van der Waals surface area contributed by atoms with Crippen molar-refractivity contribution in [3.8, 4) is 5.75 Å². The highest BCUT2D eigenvalue weighted by Gasteiger charge is 2.14. The molecule has 0 amide bonds. The molecular formula is C21H32O3. The van der Waals surface area contributed by atoms with Crippen molar-refractivity contribution in [1.29, 1.82) is 0 Å². The SMILES string of the molecule is CCC[C@H](C)C[C@H](C)C=C(C)C=C(C)c1oc(=O)c(C)c(O)c1C. The topological polar surface area (TPSA) is 50.4 Å². The fourth-order valence-corrected chi connectivity index (χ4v) is 3.32. The maximum absolute atomic E-state index is 11.8. The van der Waals surface area contributed by atoms with Gasteiger partial charge in [0, 0.05) is 5.56 Å². The van der Waals surface area contributed by atoms with Gasteiger partial charge in [-0.05, 0) is 51.5 Å². The molecule has 0 unspecified atom stereocenters. The van der Waals surface area contributed by atoms with Crippen LogP contribution in [-0.4, -0.2) is 5.11 Å². The molecule has 1 rings (SSSR count). The van der Waals surface area contributed by atoms with E-state index in [1.54, 1.807) is 13.8 Å². The van der Waals surface area contributed by atoms with E-state index in [-0.39, 0.29) is 11.3 Å². The normalized spacial score (nSPS) is 15.5. The van der Waals surface area contributed by atoms with Crippen LogP contribution in [0, 0.1) is 25.7 Å². The largest absolute Gasteiger partial charge is 0.507 e. The quantitative estimate of drug-likeness (QED) is 0.644. The first kappa shape index (κ1) is 20.3.